The van der Waals surface area contributed by atoms with E-state index in [-0.39, 0.29) is 24.2 Å². The summed E-state index contributed by atoms with van der Waals surface area (Å²) in [6.45, 7) is 3.67. The van der Waals surface area contributed by atoms with E-state index in [1.165, 1.54) is 0 Å². The average Bonchev–Trinajstić information content (AvgIpc) is 2.90. The number of aromatic nitrogens is 2. The zero-order valence-corrected chi connectivity index (χ0v) is 12.0. The molecule has 1 aromatic rings. The third-order valence-electron chi connectivity index (χ3n) is 4.12. The molecule has 1 heterocycles. The summed E-state index contributed by atoms with van der Waals surface area (Å²) < 4.78 is 0. The van der Waals surface area contributed by atoms with E-state index < -0.39 is 5.97 Å². The first-order valence-corrected chi connectivity index (χ1v) is 6.95. The minimum Gasteiger partial charge on any atom is -0.481 e. The van der Waals surface area contributed by atoms with Crippen LogP contribution in [0.5, 0.6) is 0 Å². The fraction of sp³-hybridized carbons (Fsp3) is 0.643. The van der Waals surface area contributed by atoms with E-state index in [0.29, 0.717) is 5.69 Å². The molecule has 6 heteroatoms. The van der Waals surface area contributed by atoms with Crippen LogP contribution in [0.15, 0.2) is 0 Å². The van der Waals surface area contributed by atoms with Crippen molar-refractivity contribution >= 4 is 17.6 Å². The SMILES string of the molecule is Cc1n[nH]c(C)c1NC(=O)CC1(CC(=O)O)CCCC1. The van der Waals surface area contributed by atoms with Gasteiger partial charge in [-0.1, -0.05) is 12.8 Å². The lowest BCUT2D eigenvalue weighted by Gasteiger charge is -2.26. The Hall–Kier alpha value is -1.85. The predicted octanol–water partition coefficient (Wildman–Crippen LogP) is 2.39. The largest absolute Gasteiger partial charge is 0.481 e. The van der Waals surface area contributed by atoms with Gasteiger partial charge in [0, 0.05) is 6.42 Å². The number of nitrogens with one attached hydrogen (secondary N) is 2. The fourth-order valence-electron chi connectivity index (χ4n) is 3.12. The number of carbonyl (C=O) groups excluding carboxylic acids is 1. The van der Waals surface area contributed by atoms with Crippen molar-refractivity contribution < 1.29 is 14.7 Å². The second-order valence-electron chi connectivity index (χ2n) is 5.81. The first-order valence-electron chi connectivity index (χ1n) is 6.95. The molecule has 1 aliphatic carbocycles. The number of hydrogen-bond acceptors (Lipinski definition) is 3. The molecule has 20 heavy (non-hydrogen) atoms. The van der Waals surface area contributed by atoms with Crippen molar-refractivity contribution in [3.63, 3.8) is 0 Å². The van der Waals surface area contributed by atoms with Gasteiger partial charge in [-0.2, -0.15) is 5.10 Å². The molecule has 1 fully saturated rings. The lowest BCUT2D eigenvalue weighted by atomic mass is 9.79. The summed E-state index contributed by atoms with van der Waals surface area (Å²) in [5, 5.41) is 18.8. The lowest BCUT2D eigenvalue weighted by molar-refractivity contribution is -0.140. The third kappa shape index (κ3) is 3.18. The van der Waals surface area contributed by atoms with E-state index in [0.717, 1.165) is 37.1 Å². The molecule has 2 rings (SSSR count). The molecular weight excluding hydrogens is 258 g/mol. The molecular formula is C14H21N3O3. The van der Waals surface area contributed by atoms with Gasteiger partial charge in [0.1, 0.15) is 0 Å². The van der Waals surface area contributed by atoms with Crippen LogP contribution < -0.4 is 5.32 Å². The van der Waals surface area contributed by atoms with Gasteiger partial charge in [-0.25, -0.2) is 0 Å². The highest BCUT2D eigenvalue weighted by molar-refractivity contribution is 5.92. The molecule has 6 nitrogen and oxygen atoms in total. The summed E-state index contributed by atoms with van der Waals surface area (Å²) >= 11 is 0. The molecule has 0 bridgehead atoms. The van der Waals surface area contributed by atoms with Gasteiger partial charge >= 0.3 is 5.97 Å². The number of anilines is 1. The van der Waals surface area contributed by atoms with Crippen LogP contribution in [0.1, 0.15) is 49.9 Å². The number of aromatic amines is 1. The molecule has 1 saturated carbocycles. The smallest absolute Gasteiger partial charge is 0.303 e. The Bertz CT molecular complexity index is 496. The molecule has 0 aliphatic heterocycles. The van der Waals surface area contributed by atoms with E-state index in [4.69, 9.17) is 5.11 Å². The maximum absolute atomic E-state index is 12.2. The Morgan fingerprint density at radius 1 is 1.30 bits per heavy atom. The molecule has 0 radical (unpaired) electrons. The lowest BCUT2D eigenvalue weighted by Crippen LogP contribution is -2.28. The summed E-state index contributed by atoms with van der Waals surface area (Å²) in [5.74, 6) is -0.948. The minimum absolute atomic E-state index is 0.0732. The van der Waals surface area contributed by atoms with Crippen molar-refractivity contribution in [1.82, 2.24) is 10.2 Å². The molecule has 0 saturated heterocycles. The van der Waals surface area contributed by atoms with Gasteiger partial charge in [-0.05, 0) is 32.1 Å². The van der Waals surface area contributed by atoms with Crippen molar-refractivity contribution in [2.45, 2.75) is 52.4 Å². The zero-order chi connectivity index (χ0) is 14.8. The molecule has 1 aromatic heterocycles. The van der Waals surface area contributed by atoms with Crippen LogP contribution in [0.3, 0.4) is 0 Å². The summed E-state index contributed by atoms with van der Waals surface area (Å²) in [5.41, 5.74) is 1.89. The number of carboxylic acid groups (broad SMARTS) is 1. The second kappa shape index (κ2) is 5.64. The number of nitrogens with zero attached hydrogens (tertiary/aromatic N) is 1. The molecule has 3 N–H and O–H groups in total. The molecule has 0 spiro atoms. The monoisotopic (exact) mass is 279 g/mol. The average molecular weight is 279 g/mol. The molecule has 0 atom stereocenters. The maximum atomic E-state index is 12.2. The number of aliphatic carboxylic acids is 1. The highest BCUT2D eigenvalue weighted by Gasteiger charge is 2.38. The first-order chi connectivity index (χ1) is 9.42. The second-order valence-corrected chi connectivity index (χ2v) is 5.81. The van der Waals surface area contributed by atoms with Crippen LogP contribution >= 0.6 is 0 Å². The van der Waals surface area contributed by atoms with Crippen molar-refractivity contribution in [3.8, 4) is 0 Å². The van der Waals surface area contributed by atoms with Gasteiger partial charge in [0.05, 0.1) is 23.5 Å². The number of H-pyrrole nitrogens is 1. The Morgan fingerprint density at radius 2 is 1.95 bits per heavy atom. The number of carbonyl (C=O) groups is 2. The normalized spacial score (nSPS) is 17.1. The first kappa shape index (κ1) is 14.6. The summed E-state index contributed by atoms with van der Waals surface area (Å²) in [7, 11) is 0. The van der Waals surface area contributed by atoms with E-state index in [2.05, 4.69) is 15.5 Å². The van der Waals surface area contributed by atoms with Crippen LogP contribution in [0.25, 0.3) is 0 Å². The maximum Gasteiger partial charge on any atom is 0.303 e. The number of amides is 1. The van der Waals surface area contributed by atoms with Crippen LogP contribution in [-0.2, 0) is 9.59 Å². The van der Waals surface area contributed by atoms with Crippen LogP contribution in [0.2, 0.25) is 0 Å². The standard InChI is InChI=1S/C14H21N3O3/c1-9-13(10(2)17-16-9)15-11(18)7-14(8-12(19)20)5-3-4-6-14/h3-8H2,1-2H3,(H,15,18)(H,16,17)(H,19,20). The Labute approximate surface area is 118 Å². The Balaban J connectivity index is 2.04. The van der Waals surface area contributed by atoms with Gasteiger partial charge in [-0.3, -0.25) is 14.7 Å². The van der Waals surface area contributed by atoms with E-state index in [1.54, 1.807) is 0 Å². The molecule has 0 unspecified atom stereocenters. The fourth-order valence-corrected chi connectivity index (χ4v) is 3.12. The van der Waals surface area contributed by atoms with E-state index in [1.807, 2.05) is 13.8 Å². The highest BCUT2D eigenvalue weighted by Crippen LogP contribution is 2.44. The molecule has 110 valence electrons. The Morgan fingerprint density at radius 3 is 2.45 bits per heavy atom. The zero-order valence-electron chi connectivity index (χ0n) is 12.0. The van der Waals surface area contributed by atoms with Gasteiger partial charge in [0.15, 0.2) is 0 Å². The van der Waals surface area contributed by atoms with Crippen molar-refractivity contribution in [1.29, 1.82) is 0 Å². The van der Waals surface area contributed by atoms with Crippen LogP contribution in [0, 0.1) is 19.3 Å². The van der Waals surface area contributed by atoms with Crippen molar-refractivity contribution in [2.75, 3.05) is 5.32 Å². The predicted molar refractivity (Wildman–Crippen MR) is 74.5 cm³/mol. The highest BCUT2D eigenvalue weighted by atomic mass is 16.4. The van der Waals surface area contributed by atoms with Gasteiger partial charge < -0.3 is 10.4 Å². The summed E-state index contributed by atoms with van der Waals surface area (Å²) in [6.07, 6.45) is 3.98. The van der Waals surface area contributed by atoms with Crippen molar-refractivity contribution in [3.05, 3.63) is 11.4 Å². The summed E-state index contributed by atoms with van der Waals surface area (Å²) in [4.78, 5) is 23.2. The third-order valence-corrected chi connectivity index (χ3v) is 4.12. The number of hydrogen-bond donors (Lipinski definition) is 3. The molecule has 1 amide bonds. The number of aryl methyl sites for hydroxylation is 2. The number of rotatable bonds is 5. The van der Waals surface area contributed by atoms with Gasteiger partial charge in [0.2, 0.25) is 5.91 Å². The van der Waals surface area contributed by atoms with Crippen LogP contribution in [-0.4, -0.2) is 27.2 Å². The van der Waals surface area contributed by atoms with E-state index >= 15 is 0 Å². The quantitative estimate of drug-likeness (QED) is 0.771. The Kier molecular flexibility index (Phi) is 4.11. The molecule has 1 aliphatic rings. The topological polar surface area (TPSA) is 95.1 Å². The van der Waals surface area contributed by atoms with E-state index in [9.17, 15) is 9.59 Å². The summed E-state index contributed by atoms with van der Waals surface area (Å²) in [6, 6.07) is 0. The number of carboxylic acids is 1. The van der Waals surface area contributed by atoms with Crippen LogP contribution in [0.4, 0.5) is 5.69 Å². The molecule has 0 aromatic carbocycles. The van der Waals surface area contributed by atoms with Gasteiger partial charge in [0.25, 0.3) is 0 Å². The van der Waals surface area contributed by atoms with Crippen molar-refractivity contribution in [2.24, 2.45) is 5.41 Å². The van der Waals surface area contributed by atoms with Gasteiger partial charge in [-0.15, -0.1) is 0 Å². The minimum atomic E-state index is -0.824.